The summed E-state index contributed by atoms with van der Waals surface area (Å²) in [4.78, 5) is 15.2. The van der Waals surface area contributed by atoms with Crippen molar-refractivity contribution in [3.63, 3.8) is 0 Å². The van der Waals surface area contributed by atoms with Crippen LogP contribution in [0.1, 0.15) is 37.2 Å². The van der Waals surface area contributed by atoms with E-state index in [0.29, 0.717) is 12.2 Å². The van der Waals surface area contributed by atoms with Gasteiger partial charge < -0.3 is 16.0 Å². The van der Waals surface area contributed by atoms with Gasteiger partial charge in [0.25, 0.3) is 5.91 Å². The molecule has 0 bridgehead atoms. The van der Waals surface area contributed by atoms with Crippen molar-refractivity contribution in [1.29, 1.82) is 0 Å². The number of fused-ring (bicyclic) bond motifs is 1. The molecule has 1 amide bonds. The molecule has 0 aliphatic heterocycles. The number of benzene rings is 1. The van der Waals surface area contributed by atoms with Crippen molar-refractivity contribution in [2.75, 3.05) is 6.54 Å². The lowest BCUT2D eigenvalue weighted by Crippen LogP contribution is -2.49. The van der Waals surface area contributed by atoms with E-state index in [1.54, 1.807) is 0 Å². The molecule has 0 radical (unpaired) electrons. The Morgan fingerprint density at radius 1 is 1.32 bits per heavy atom. The Kier molecular flexibility index (Phi) is 3.90. The zero-order valence-electron chi connectivity index (χ0n) is 11.5. The van der Waals surface area contributed by atoms with Gasteiger partial charge in [-0.1, -0.05) is 32.0 Å². The van der Waals surface area contributed by atoms with E-state index in [4.69, 9.17) is 5.73 Å². The van der Waals surface area contributed by atoms with Gasteiger partial charge in [-0.05, 0) is 25.0 Å². The van der Waals surface area contributed by atoms with E-state index in [1.165, 1.54) is 0 Å². The lowest BCUT2D eigenvalue weighted by molar-refractivity contribution is 0.0938. The molecule has 19 heavy (non-hydrogen) atoms. The fourth-order valence-electron chi connectivity index (χ4n) is 2.05. The molecule has 2 rings (SSSR count). The van der Waals surface area contributed by atoms with Crippen LogP contribution in [0.4, 0.5) is 0 Å². The summed E-state index contributed by atoms with van der Waals surface area (Å²) in [7, 11) is 0. The van der Waals surface area contributed by atoms with Crippen molar-refractivity contribution in [3.8, 4) is 0 Å². The standard InChI is InChI=1S/C15H21N3O/c1-3-15(16,4-2)10-17-14(19)13-9-11-7-5-6-8-12(11)18-13/h5-9,18H,3-4,10,16H2,1-2H3,(H,17,19). The van der Waals surface area contributed by atoms with Crippen molar-refractivity contribution in [3.05, 3.63) is 36.0 Å². The molecule has 4 N–H and O–H groups in total. The third-order valence-corrected chi connectivity index (χ3v) is 3.78. The highest BCUT2D eigenvalue weighted by Gasteiger charge is 2.21. The third-order valence-electron chi connectivity index (χ3n) is 3.78. The summed E-state index contributed by atoms with van der Waals surface area (Å²) in [6.45, 7) is 4.57. The van der Waals surface area contributed by atoms with Crippen LogP contribution in [0, 0.1) is 0 Å². The highest BCUT2D eigenvalue weighted by Crippen LogP contribution is 2.15. The topological polar surface area (TPSA) is 70.9 Å². The fourth-order valence-corrected chi connectivity index (χ4v) is 2.05. The Bertz CT molecular complexity index is 537. The van der Waals surface area contributed by atoms with Gasteiger partial charge in [-0.15, -0.1) is 0 Å². The molecular weight excluding hydrogens is 238 g/mol. The molecule has 0 aliphatic carbocycles. The Hall–Kier alpha value is -1.81. The molecule has 0 saturated heterocycles. The van der Waals surface area contributed by atoms with Gasteiger partial charge >= 0.3 is 0 Å². The number of aromatic amines is 1. The van der Waals surface area contributed by atoms with Crippen LogP contribution in [0.5, 0.6) is 0 Å². The predicted octanol–water partition coefficient (Wildman–Crippen LogP) is 2.42. The molecule has 1 heterocycles. The maximum atomic E-state index is 12.1. The van der Waals surface area contributed by atoms with Crippen LogP contribution in [-0.4, -0.2) is 23.0 Å². The van der Waals surface area contributed by atoms with Gasteiger partial charge in [0, 0.05) is 23.0 Å². The van der Waals surface area contributed by atoms with Crippen LogP contribution in [0.2, 0.25) is 0 Å². The third kappa shape index (κ3) is 2.96. The lowest BCUT2D eigenvalue weighted by Gasteiger charge is -2.26. The Labute approximate surface area is 113 Å². The molecule has 0 atom stereocenters. The van der Waals surface area contributed by atoms with Crippen LogP contribution in [0.25, 0.3) is 10.9 Å². The number of para-hydroxylation sites is 1. The summed E-state index contributed by atoms with van der Waals surface area (Å²) in [6.07, 6.45) is 1.69. The first-order valence-electron chi connectivity index (χ1n) is 6.73. The minimum absolute atomic E-state index is 0.104. The second kappa shape index (κ2) is 5.45. The second-order valence-electron chi connectivity index (χ2n) is 5.02. The largest absolute Gasteiger partial charge is 0.351 e. The molecule has 4 heteroatoms. The molecule has 4 nitrogen and oxygen atoms in total. The van der Waals surface area contributed by atoms with Crippen molar-refractivity contribution in [2.24, 2.45) is 5.73 Å². The summed E-state index contributed by atoms with van der Waals surface area (Å²) in [5.74, 6) is -0.104. The summed E-state index contributed by atoms with van der Waals surface area (Å²) in [5.41, 5.74) is 7.40. The van der Waals surface area contributed by atoms with Crippen molar-refractivity contribution in [1.82, 2.24) is 10.3 Å². The Balaban J connectivity index is 2.08. The molecule has 0 spiro atoms. The maximum absolute atomic E-state index is 12.1. The first-order valence-corrected chi connectivity index (χ1v) is 6.73. The normalized spacial score (nSPS) is 11.7. The summed E-state index contributed by atoms with van der Waals surface area (Å²) in [6, 6.07) is 9.70. The van der Waals surface area contributed by atoms with Crippen molar-refractivity contribution >= 4 is 16.8 Å². The molecule has 0 fully saturated rings. The maximum Gasteiger partial charge on any atom is 0.267 e. The van der Waals surface area contributed by atoms with E-state index in [1.807, 2.05) is 44.2 Å². The fraction of sp³-hybridized carbons (Fsp3) is 0.400. The number of H-pyrrole nitrogens is 1. The van der Waals surface area contributed by atoms with Crippen LogP contribution >= 0.6 is 0 Å². The van der Waals surface area contributed by atoms with Crippen LogP contribution in [0.3, 0.4) is 0 Å². The van der Waals surface area contributed by atoms with E-state index < -0.39 is 0 Å². The minimum Gasteiger partial charge on any atom is -0.351 e. The van der Waals surface area contributed by atoms with Gasteiger partial charge in [0.05, 0.1) is 0 Å². The van der Waals surface area contributed by atoms with Gasteiger partial charge in [-0.25, -0.2) is 0 Å². The number of amides is 1. The van der Waals surface area contributed by atoms with Crippen LogP contribution in [-0.2, 0) is 0 Å². The number of hydrogen-bond donors (Lipinski definition) is 3. The first-order chi connectivity index (χ1) is 9.08. The molecule has 0 saturated carbocycles. The highest BCUT2D eigenvalue weighted by molar-refractivity contribution is 5.97. The predicted molar refractivity (Wildman–Crippen MR) is 78.1 cm³/mol. The van der Waals surface area contributed by atoms with Gasteiger partial charge in [0.15, 0.2) is 0 Å². The van der Waals surface area contributed by atoms with Crippen LogP contribution < -0.4 is 11.1 Å². The monoisotopic (exact) mass is 259 g/mol. The number of aromatic nitrogens is 1. The molecule has 102 valence electrons. The zero-order chi connectivity index (χ0) is 13.9. The van der Waals surface area contributed by atoms with Crippen molar-refractivity contribution in [2.45, 2.75) is 32.2 Å². The average Bonchev–Trinajstić information content (AvgIpc) is 2.88. The zero-order valence-corrected chi connectivity index (χ0v) is 11.5. The van der Waals surface area contributed by atoms with Crippen molar-refractivity contribution < 1.29 is 4.79 Å². The molecule has 0 unspecified atom stereocenters. The number of rotatable bonds is 5. The van der Waals surface area contributed by atoms with E-state index in [9.17, 15) is 4.79 Å². The smallest absolute Gasteiger partial charge is 0.267 e. The molecular formula is C15H21N3O. The number of carbonyl (C=O) groups excluding carboxylic acids is 1. The number of hydrogen-bond acceptors (Lipinski definition) is 2. The SMILES string of the molecule is CCC(N)(CC)CNC(=O)c1cc2ccccc2[nH]1. The van der Waals surface area contributed by atoms with Crippen LogP contribution in [0.15, 0.2) is 30.3 Å². The number of nitrogens with two attached hydrogens (primary N) is 1. The van der Waals surface area contributed by atoms with Gasteiger partial charge in [-0.3, -0.25) is 4.79 Å². The summed E-state index contributed by atoms with van der Waals surface area (Å²) >= 11 is 0. The molecule has 0 aliphatic rings. The average molecular weight is 259 g/mol. The quantitative estimate of drug-likeness (QED) is 0.771. The van der Waals surface area contributed by atoms with Gasteiger partial charge in [0.1, 0.15) is 5.69 Å². The number of carbonyl (C=O) groups is 1. The lowest BCUT2D eigenvalue weighted by atomic mass is 9.94. The van der Waals surface area contributed by atoms with E-state index in [-0.39, 0.29) is 11.4 Å². The highest BCUT2D eigenvalue weighted by atomic mass is 16.1. The molecule has 2 aromatic rings. The first kappa shape index (κ1) is 13.6. The summed E-state index contributed by atoms with van der Waals surface area (Å²) < 4.78 is 0. The second-order valence-corrected chi connectivity index (χ2v) is 5.02. The minimum atomic E-state index is -0.318. The summed E-state index contributed by atoms with van der Waals surface area (Å²) in [5, 5.41) is 3.95. The Morgan fingerprint density at radius 2 is 2.00 bits per heavy atom. The Morgan fingerprint density at radius 3 is 2.63 bits per heavy atom. The number of nitrogens with one attached hydrogen (secondary N) is 2. The molecule has 1 aromatic heterocycles. The van der Waals surface area contributed by atoms with Gasteiger partial charge in [-0.2, -0.15) is 0 Å². The van der Waals surface area contributed by atoms with E-state index in [2.05, 4.69) is 10.3 Å². The molecule has 1 aromatic carbocycles. The van der Waals surface area contributed by atoms with E-state index in [0.717, 1.165) is 23.7 Å². The van der Waals surface area contributed by atoms with Gasteiger partial charge in [0.2, 0.25) is 0 Å². The van der Waals surface area contributed by atoms with E-state index >= 15 is 0 Å².